The highest BCUT2D eigenvalue weighted by atomic mass is 35.5. The topological polar surface area (TPSA) is 38.3 Å². The number of carbonyl (C=O) groups is 1. The van der Waals surface area contributed by atoms with Crippen molar-refractivity contribution in [3.63, 3.8) is 0 Å². The van der Waals surface area contributed by atoms with Crippen LogP contribution in [0.2, 0.25) is 5.02 Å². The van der Waals surface area contributed by atoms with Crippen LogP contribution >= 0.6 is 11.6 Å². The number of cyclic esters (lactones) is 1. The maximum atomic E-state index is 11.3. The van der Waals surface area contributed by atoms with E-state index >= 15 is 0 Å². The number of esters is 1. The molecule has 1 saturated heterocycles. The molecule has 0 aliphatic carbocycles. The SMILES string of the molecule is CC(NC1CCOC1=O)c1ccc(Cl)cc1. The summed E-state index contributed by atoms with van der Waals surface area (Å²) >= 11 is 5.82. The molecule has 4 heteroatoms. The maximum absolute atomic E-state index is 11.3. The molecule has 1 N–H and O–H groups in total. The third-order valence-corrected chi connectivity index (χ3v) is 3.01. The molecule has 1 aromatic carbocycles. The van der Waals surface area contributed by atoms with Gasteiger partial charge in [0.25, 0.3) is 0 Å². The van der Waals surface area contributed by atoms with Crippen molar-refractivity contribution in [1.29, 1.82) is 0 Å². The van der Waals surface area contributed by atoms with Crippen molar-refractivity contribution in [1.82, 2.24) is 5.32 Å². The van der Waals surface area contributed by atoms with Crippen LogP contribution in [0.1, 0.15) is 24.9 Å². The molecule has 2 rings (SSSR count). The summed E-state index contributed by atoms with van der Waals surface area (Å²) in [6.07, 6.45) is 0.747. The van der Waals surface area contributed by atoms with E-state index in [4.69, 9.17) is 16.3 Å². The summed E-state index contributed by atoms with van der Waals surface area (Å²) in [7, 11) is 0. The summed E-state index contributed by atoms with van der Waals surface area (Å²) in [4.78, 5) is 11.3. The lowest BCUT2D eigenvalue weighted by atomic mass is 10.1. The van der Waals surface area contributed by atoms with Gasteiger partial charge in [-0.1, -0.05) is 23.7 Å². The van der Waals surface area contributed by atoms with Crippen LogP contribution in [0.15, 0.2) is 24.3 Å². The number of hydrogen-bond donors (Lipinski definition) is 1. The van der Waals surface area contributed by atoms with E-state index in [-0.39, 0.29) is 18.1 Å². The number of carbonyl (C=O) groups excluding carboxylic acids is 1. The zero-order valence-corrected chi connectivity index (χ0v) is 9.83. The molecule has 1 aromatic rings. The van der Waals surface area contributed by atoms with Crippen LogP contribution in [0, 0.1) is 0 Å². The molecular weight excluding hydrogens is 226 g/mol. The van der Waals surface area contributed by atoms with E-state index in [0.29, 0.717) is 6.61 Å². The molecule has 0 radical (unpaired) electrons. The first-order chi connectivity index (χ1) is 7.66. The predicted octanol–water partition coefficient (Wildman–Crippen LogP) is 2.31. The van der Waals surface area contributed by atoms with Crippen molar-refractivity contribution in [2.24, 2.45) is 0 Å². The van der Waals surface area contributed by atoms with Gasteiger partial charge in [0.2, 0.25) is 0 Å². The Kier molecular flexibility index (Phi) is 3.46. The van der Waals surface area contributed by atoms with E-state index in [9.17, 15) is 4.79 Å². The fourth-order valence-corrected chi connectivity index (χ4v) is 1.92. The van der Waals surface area contributed by atoms with E-state index in [1.54, 1.807) is 0 Å². The molecule has 0 amide bonds. The van der Waals surface area contributed by atoms with Gasteiger partial charge in [-0.15, -0.1) is 0 Å². The summed E-state index contributed by atoms with van der Waals surface area (Å²) in [6, 6.07) is 7.56. The Morgan fingerprint density at radius 1 is 1.44 bits per heavy atom. The minimum atomic E-state index is -0.175. The number of hydrogen-bond acceptors (Lipinski definition) is 3. The summed E-state index contributed by atoms with van der Waals surface area (Å²) in [5.74, 6) is -0.152. The summed E-state index contributed by atoms with van der Waals surface area (Å²) in [5.41, 5.74) is 1.11. The van der Waals surface area contributed by atoms with Crippen LogP contribution < -0.4 is 5.32 Å². The lowest BCUT2D eigenvalue weighted by molar-refractivity contribution is -0.139. The minimum Gasteiger partial charge on any atom is -0.464 e. The van der Waals surface area contributed by atoms with Gasteiger partial charge >= 0.3 is 5.97 Å². The highest BCUT2D eigenvalue weighted by molar-refractivity contribution is 6.30. The molecule has 1 heterocycles. The number of benzene rings is 1. The Morgan fingerprint density at radius 3 is 2.69 bits per heavy atom. The van der Waals surface area contributed by atoms with Crippen LogP contribution in [0.3, 0.4) is 0 Å². The number of ether oxygens (including phenoxy) is 1. The van der Waals surface area contributed by atoms with Crippen molar-refractivity contribution in [2.75, 3.05) is 6.61 Å². The molecule has 3 nitrogen and oxygen atoms in total. The molecular formula is C12H14ClNO2. The standard InChI is InChI=1S/C12H14ClNO2/c1-8(9-2-4-10(13)5-3-9)14-11-6-7-16-12(11)15/h2-5,8,11,14H,6-7H2,1H3. The Labute approximate surface area is 99.7 Å². The van der Waals surface area contributed by atoms with Gasteiger partial charge in [0, 0.05) is 17.5 Å². The maximum Gasteiger partial charge on any atom is 0.323 e. The Morgan fingerprint density at radius 2 is 2.12 bits per heavy atom. The predicted molar refractivity (Wildman–Crippen MR) is 62.4 cm³/mol. The van der Waals surface area contributed by atoms with Crippen molar-refractivity contribution in [2.45, 2.75) is 25.4 Å². The van der Waals surface area contributed by atoms with E-state index in [0.717, 1.165) is 17.0 Å². The van der Waals surface area contributed by atoms with Crippen molar-refractivity contribution < 1.29 is 9.53 Å². The van der Waals surface area contributed by atoms with Crippen LogP contribution in [-0.4, -0.2) is 18.6 Å². The van der Waals surface area contributed by atoms with Gasteiger partial charge in [-0.2, -0.15) is 0 Å². The fraction of sp³-hybridized carbons (Fsp3) is 0.417. The number of nitrogens with one attached hydrogen (secondary N) is 1. The zero-order chi connectivity index (χ0) is 11.5. The summed E-state index contributed by atoms with van der Waals surface area (Å²) in [6.45, 7) is 2.54. The minimum absolute atomic E-state index is 0.118. The first-order valence-electron chi connectivity index (χ1n) is 5.35. The van der Waals surface area contributed by atoms with Gasteiger partial charge in [0.05, 0.1) is 6.61 Å². The number of halogens is 1. The summed E-state index contributed by atoms with van der Waals surface area (Å²) in [5, 5.41) is 3.97. The Balaban J connectivity index is 1.99. The Hall–Kier alpha value is -1.06. The van der Waals surface area contributed by atoms with Gasteiger partial charge in [0.15, 0.2) is 0 Å². The van der Waals surface area contributed by atoms with Crippen LogP contribution in [0.25, 0.3) is 0 Å². The molecule has 86 valence electrons. The van der Waals surface area contributed by atoms with Gasteiger partial charge in [0.1, 0.15) is 6.04 Å². The second kappa shape index (κ2) is 4.85. The third kappa shape index (κ3) is 2.54. The smallest absolute Gasteiger partial charge is 0.323 e. The average molecular weight is 240 g/mol. The average Bonchev–Trinajstić information content (AvgIpc) is 2.65. The molecule has 1 aliphatic rings. The normalized spacial score (nSPS) is 21.9. The van der Waals surface area contributed by atoms with Crippen LogP contribution in [-0.2, 0) is 9.53 Å². The molecule has 0 spiro atoms. The van der Waals surface area contributed by atoms with Crippen molar-refractivity contribution in [3.8, 4) is 0 Å². The molecule has 2 atom stereocenters. The van der Waals surface area contributed by atoms with E-state index in [1.165, 1.54) is 0 Å². The van der Waals surface area contributed by atoms with Crippen LogP contribution in [0.5, 0.6) is 0 Å². The quantitative estimate of drug-likeness (QED) is 0.823. The molecule has 0 saturated carbocycles. The molecule has 16 heavy (non-hydrogen) atoms. The van der Waals surface area contributed by atoms with Crippen molar-refractivity contribution >= 4 is 17.6 Å². The molecule has 0 bridgehead atoms. The monoisotopic (exact) mass is 239 g/mol. The van der Waals surface area contributed by atoms with Crippen molar-refractivity contribution in [3.05, 3.63) is 34.9 Å². The van der Waals surface area contributed by atoms with E-state index in [2.05, 4.69) is 5.32 Å². The largest absolute Gasteiger partial charge is 0.464 e. The van der Waals surface area contributed by atoms with Gasteiger partial charge in [-0.3, -0.25) is 10.1 Å². The van der Waals surface area contributed by atoms with Gasteiger partial charge < -0.3 is 4.74 Å². The first-order valence-corrected chi connectivity index (χ1v) is 5.73. The van der Waals surface area contributed by atoms with E-state index < -0.39 is 0 Å². The van der Waals surface area contributed by atoms with Gasteiger partial charge in [-0.05, 0) is 24.6 Å². The number of rotatable bonds is 3. The van der Waals surface area contributed by atoms with E-state index in [1.807, 2.05) is 31.2 Å². The fourth-order valence-electron chi connectivity index (χ4n) is 1.80. The molecule has 2 unspecified atom stereocenters. The zero-order valence-electron chi connectivity index (χ0n) is 9.07. The molecule has 0 aromatic heterocycles. The summed E-state index contributed by atoms with van der Waals surface area (Å²) < 4.78 is 4.90. The third-order valence-electron chi connectivity index (χ3n) is 2.76. The lowest BCUT2D eigenvalue weighted by Gasteiger charge is -2.17. The molecule has 1 fully saturated rings. The van der Waals surface area contributed by atoms with Gasteiger partial charge in [-0.25, -0.2) is 0 Å². The lowest BCUT2D eigenvalue weighted by Crippen LogP contribution is -2.34. The Bertz CT molecular complexity index is 377. The second-order valence-electron chi connectivity index (χ2n) is 3.95. The first kappa shape index (κ1) is 11.4. The molecule has 1 aliphatic heterocycles. The van der Waals surface area contributed by atoms with Crippen LogP contribution in [0.4, 0.5) is 0 Å². The highest BCUT2D eigenvalue weighted by Crippen LogP contribution is 2.18. The second-order valence-corrected chi connectivity index (χ2v) is 4.39. The highest BCUT2D eigenvalue weighted by Gasteiger charge is 2.27.